The van der Waals surface area contributed by atoms with E-state index in [4.69, 9.17) is 4.98 Å². The van der Waals surface area contributed by atoms with Crippen molar-refractivity contribution < 1.29 is 4.39 Å². The largest absolute Gasteiger partial charge is 0.349 e. The van der Waals surface area contributed by atoms with Gasteiger partial charge in [0.1, 0.15) is 16.9 Å². The van der Waals surface area contributed by atoms with Crippen molar-refractivity contribution in [1.82, 2.24) is 14.5 Å². The van der Waals surface area contributed by atoms with Crippen LogP contribution >= 0.6 is 11.8 Å². The summed E-state index contributed by atoms with van der Waals surface area (Å²) >= 11 is 1.46. The Morgan fingerprint density at radius 1 is 0.931 bits per heavy atom. The van der Waals surface area contributed by atoms with Crippen LogP contribution in [0.15, 0.2) is 88.8 Å². The van der Waals surface area contributed by atoms with Crippen LogP contribution < -0.4 is 5.56 Å². The zero-order chi connectivity index (χ0) is 19.8. The van der Waals surface area contributed by atoms with Crippen molar-refractivity contribution in [2.75, 3.05) is 0 Å². The van der Waals surface area contributed by atoms with Crippen molar-refractivity contribution in [3.63, 3.8) is 0 Å². The molecular formula is C23H16FN3OS. The van der Waals surface area contributed by atoms with Crippen molar-refractivity contribution >= 4 is 33.7 Å². The van der Waals surface area contributed by atoms with Crippen LogP contribution in [-0.2, 0) is 5.75 Å². The first-order chi connectivity index (χ1) is 14.2. The first-order valence-corrected chi connectivity index (χ1v) is 10.2. The molecule has 0 spiro atoms. The third kappa shape index (κ3) is 3.21. The van der Waals surface area contributed by atoms with Crippen LogP contribution in [0.2, 0.25) is 0 Å². The maximum Gasteiger partial charge on any atom is 0.283 e. The fraction of sp³-hybridized carbons (Fsp3) is 0.0435. The lowest BCUT2D eigenvalue weighted by molar-refractivity contribution is 0.627. The summed E-state index contributed by atoms with van der Waals surface area (Å²) in [5.41, 5.74) is 3.61. The third-order valence-corrected chi connectivity index (χ3v) is 5.80. The number of para-hydroxylation sites is 2. The van der Waals surface area contributed by atoms with E-state index in [1.54, 1.807) is 16.7 Å². The minimum atomic E-state index is -0.265. The maximum atomic E-state index is 13.4. The second kappa shape index (κ2) is 7.22. The molecule has 4 nitrogen and oxygen atoms in total. The summed E-state index contributed by atoms with van der Waals surface area (Å²) < 4.78 is 14.8. The SMILES string of the molecule is O=c1c2[nH]c3ccccc3c2nc(SCc2ccc(F)cc2)n1-c1ccccc1. The molecule has 0 fully saturated rings. The van der Waals surface area contributed by atoms with Gasteiger partial charge in [0.25, 0.3) is 5.56 Å². The molecule has 2 aromatic heterocycles. The molecule has 6 heteroatoms. The predicted octanol–water partition coefficient (Wildman–Crippen LogP) is 5.30. The van der Waals surface area contributed by atoms with Crippen LogP contribution in [0.3, 0.4) is 0 Å². The van der Waals surface area contributed by atoms with Crippen LogP contribution in [0, 0.1) is 5.82 Å². The summed E-state index contributed by atoms with van der Waals surface area (Å²) in [6.07, 6.45) is 0. The predicted molar refractivity (Wildman–Crippen MR) is 115 cm³/mol. The van der Waals surface area contributed by atoms with E-state index < -0.39 is 0 Å². The molecule has 0 saturated heterocycles. The Kier molecular flexibility index (Phi) is 4.41. The zero-order valence-electron chi connectivity index (χ0n) is 15.3. The molecule has 5 aromatic rings. The van der Waals surface area contributed by atoms with Gasteiger partial charge in [-0.2, -0.15) is 0 Å². The van der Waals surface area contributed by atoms with Gasteiger partial charge in [-0.05, 0) is 35.9 Å². The summed E-state index contributed by atoms with van der Waals surface area (Å²) in [6, 6.07) is 23.6. The molecule has 1 N–H and O–H groups in total. The van der Waals surface area contributed by atoms with E-state index >= 15 is 0 Å². The molecule has 0 amide bonds. The highest BCUT2D eigenvalue weighted by Gasteiger charge is 2.17. The van der Waals surface area contributed by atoms with E-state index in [0.29, 0.717) is 21.9 Å². The van der Waals surface area contributed by atoms with Gasteiger partial charge in [0.05, 0.1) is 5.69 Å². The molecule has 3 aromatic carbocycles. The average molecular weight is 401 g/mol. The number of aromatic amines is 1. The Balaban J connectivity index is 1.69. The highest BCUT2D eigenvalue weighted by molar-refractivity contribution is 7.98. The Bertz CT molecular complexity index is 1370. The zero-order valence-corrected chi connectivity index (χ0v) is 16.1. The van der Waals surface area contributed by atoms with Crippen molar-refractivity contribution in [2.45, 2.75) is 10.9 Å². The highest BCUT2D eigenvalue weighted by Crippen LogP contribution is 2.28. The standard InChI is InChI=1S/C23H16FN3OS/c24-16-12-10-15(11-13-16)14-29-23-26-20-18-8-4-5-9-19(18)25-21(20)22(28)27(23)17-6-2-1-3-7-17/h1-13,25H,14H2. The maximum absolute atomic E-state index is 13.4. The number of H-pyrrole nitrogens is 1. The van der Waals surface area contributed by atoms with Gasteiger partial charge in [-0.3, -0.25) is 9.36 Å². The van der Waals surface area contributed by atoms with Crippen molar-refractivity contribution in [3.8, 4) is 5.69 Å². The minimum Gasteiger partial charge on any atom is -0.349 e. The van der Waals surface area contributed by atoms with E-state index in [0.717, 1.165) is 22.2 Å². The van der Waals surface area contributed by atoms with Crippen molar-refractivity contribution in [3.05, 3.63) is 101 Å². The lowest BCUT2D eigenvalue weighted by Crippen LogP contribution is -2.21. The molecule has 0 atom stereocenters. The second-order valence-corrected chi connectivity index (χ2v) is 7.62. The van der Waals surface area contributed by atoms with Crippen LogP contribution in [0.25, 0.3) is 27.6 Å². The Morgan fingerprint density at radius 2 is 1.66 bits per heavy atom. The average Bonchev–Trinajstić information content (AvgIpc) is 3.13. The number of thioether (sulfide) groups is 1. The number of hydrogen-bond acceptors (Lipinski definition) is 3. The Hall–Kier alpha value is -3.38. The number of aromatic nitrogens is 3. The smallest absolute Gasteiger partial charge is 0.283 e. The van der Waals surface area contributed by atoms with Crippen LogP contribution in [0.5, 0.6) is 0 Å². The highest BCUT2D eigenvalue weighted by atomic mass is 32.2. The molecule has 0 aliphatic carbocycles. The van der Waals surface area contributed by atoms with E-state index in [1.807, 2.05) is 54.6 Å². The number of nitrogens with zero attached hydrogens (tertiary/aromatic N) is 2. The van der Waals surface area contributed by atoms with E-state index in [-0.39, 0.29) is 11.4 Å². The fourth-order valence-corrected chi connectivity index (χ4v) is 4.33. The molecule has 29 heavy (non-hydrogen) atoms. The molecule has 0 radical (unpaired) electrons. The summed E-state index contributed by atoms with van der Waals surface area (Å²) in [6.45, 7) is 0. The van der Waals surface area contributed by atoms with Gasteiger partial charge >= 0.3 is 0 Å². The van der Waals surface area contributed by atoms with Crippen molar-refractivity contribution in [2.24, 2.45) is 0 Å². The number of hydrogen-bond donors (Lipinski definition) is 1. The molecule has 0 unspecified atom stereocenters. The molecular weight excluding hydrogens is 385 g/mol. The molecule has 0 aliphatic heterocycles. The number of nitrogens with one attached hydrogen (secondary N) is 1. The molecule has 0 aliphatic rings. The van der Waals surface area contributed by atoms with E-state index in [9.17, 15) is 9.18 Å². The van der Waals surface area contributed by atoms with Gasteiger partial charge in [-0.15, -0.1) is 0 Å². The second-order valence-electron chi connectivity index (χ2n) is 6.68. The van der Waals surface area contributed by atoms with E-state index in [2.05, 4.69) is 4.98 Å². The Morgan fingerprint density at radius 3 is 2.45 bits per heavy atom. The van der Waals surface area contributed by atoms with Crippen LogP contribution in [0.1, 0.15) is 5.56 Å². The van der Waals surface area contributed by atoms with Crippen molar-refractivity contribution in [1.29, 1.82) is 0 Å². The molecule has 0 bridgehead atoms. The number of benzene rings is 3. The van der Waals surface area contributed by atoms with Crippen LogP contribution in [0.4, 0.5) is 4.39 Å². The first kappa shape index (κ1) is 17.7. The number of rotatable bonds is 4. The van der Waals surface area contributed by atoms with Gasteiger partial charge in [0.15, 0.2) is 5.16 Å². The van der Waals surface area contributed by atoms with Gasteiger partial charge in [-0.25, -0.2) is 9.37 Å². The summed E-state index contributed by atoms with van der Waals surface area (Å²) in [5.74, 6) is 0.311. The molecule has 0 saturated carbocycles. The Labute approximate surface area is 170 Å². The third-order valence-electron chi connectivity index (χ3n) is 4.79. The monoisotopic (exact) mass is 401 g/mol. The molecule has 2 heterocycles. The lowest BCUT2D eigenvalue weighted by Gasteiger charge is -2.12. The van der Waals surface area contributed by atoms with E-state index in [1.165, 1.54) is 23.9 Å². The molecule has 5 rings (SSSR count). The van der Waals surface area contributed by atoms with Gasteiger partial charge < -0.3 is 4.98 Å². The first-order valence-electron chi connectivity index (χ1n) is 9.17. The number of halogens is 1. The summed E-state index contributed by atoms with van der Waals surface area (Å²) in [7, 11) is 0. The fourth-order valence-electron chi connectivity index (χ4n) is 3.37. The summed E-state index contributed by atoms with van der Waals surface area (Å²) in [4.78, 5) is 21.5. The quantitative estimate of drug-likeness (QED) is 0.328. The minimum absolute atomic E-state index is 0.140. The normalized spacial score (nSPS) is 11.3. The topological polar surface area (TPSA) is 50.7 Å². The van der Waals surface area contributed by atoms with Gasteiger partial charge in [0, 0.05) is 16.7 Å². The van der Waals surface area contributed by atoms with Crippen LogP contribution in [-0.4, -0.2) is 14.5 Å². The van der Waals surface area contributed by atoms with Gasteiger partial charge in [0.2, 0.25) is 0 Å². The lowest BCUT2D eigenvalue weighted by atomic mass is 10.2. The molecule has 142 valence electrons. The number of fused-ring (bicyclic) bond motifs is 3. The van der Waals surface area contributed by atoms with Gasteiger partial charge in [-0.1, -0.05) is 60.3 Å². The summed E-state index contributed by atoms with van der Waals surface area (Å²) in [5, 5.41) is 1.52.